The van der Waals surface area contributed by atoms with Crippen molar-refractivity contribution in [3.05, 3.63) is 78.4 Å². The number of carbonyl (C=O) groups is 1. The van der Waals surface area contributed by atoms with E-state index in [0.29, 0.717) is 22.9 Å². The first kappa shape index (κ1) is 21.1. The lowest BCUT2D eigenvalue weighted by molar-refractivity contribution is 0.0697. The number of nitrogens with zero attached hydrogens (tertiary/aromatic N) is 5. The Morgan fingerprint density at radius 3 is 2.46 bits per heavy atom. The van der Waals surface area contributed by atoms with E-state index in [2.05, 4.69) is 32.5 Å². The molecule has 2 aromatic heterocycles. The highest BCUT2D eigenvalue weighted by Crippen LogP contribution is 2.30. The SMILES string of the molecule is O=C(O)c1cccc(-c2nnc3c4ccccc4c(Nc4ccc(N5CCOCC5)cc4)nn23)c1. The number of carboxylic acids is 1. The molecule has 9 heteroatoms. The molecule has 3 aromatic carbocycles. The molecule has 1 fully saturated rings. The molecule has 0 spiro atoms. The van der Waals surface area contributed by atoms with Crippen molar-refractivity contribution in [3.63, 3.8) is 0 Å². The molecule has 0 amide bonds. The van der Waals surface area contributed by atoms with Gasteiger partial charge in [-0.1, -0.05) is 36.4 Å². The molecular weight excluding hydrogens is 444 g/mol. The number of nitrogens with one attached hydrogen (secondary N) is 1. The molecule has 0 atom stereocenters. The highest BCUT2D eigenvalue weighted by atomic mass is 16.5. The molecule has 6 rings (SSSR count). The number of benzene rings is 3. The van der Waals surface area contributed by atoms with Gasteiger partial charge >= 0.3 is 5.97 Å². The number of aromatic carboxylic acids is 1. The summed E-state index contributed by atoms with van der Waals surface area (Å²) in [6, 6.07) is 22.8. The Hall–Kier alpha value is -4.50. The van der Waals surface area contributed by atoms with Crippen molar-refractivity contribution in [2.45, 2.75) is 0 Å². The zero-order valence-corrected chi connectivity index (χ0v) is 18.8. The quantitative estimate of drug-likeness (QED) is 0.397. The number of carboxylic acid groups (broad SMARTS) is 1. The van der Waals surface area contributed by atoms with E-state index in [0.717, 1.165) is 48.5 Å². The summed E-state index contributed by atoms with van der Waals surface area (Å²) in [4.78, 5) is 13.8. The molecule has 5 aromatic rings. The average Bonchev–Trinajstić information content (AvgIpc) is 3.34. The maximum absolute atomic E-state index is 11.5. The maximum Gasteiger partial charge on any atom is 0.335 e. The fraction of sp³-hybridized carbons (Fsp3) is 0.154. The number of anilines is 3. The van der Waals surface area contributed by atoms with Crippen LogP contribution in [0.2, 0.25) is 0 Å². The van der Waals surface area contributed by atoms with Gasteiger partial charge in [0.1, 0.15) is 0 Å². The van der Waals surface area contributed by atoms with E-state index in [4.69, 9.17) is 9.84 Å². The second kappa shape index (κ2) is 8.69. The summed E-state index contributed by atoms with van der Waals surface area (Å²) in [6.07, 6.45) is 0. The minimum Gasteiger partial charge on any atom is -0.478 e. The van der Waals surface area contributed by atoms with E-state index in [9.17, 15) is 9.90 Å². The molecule has 1 aliphatic heterocycles. The molecule has 1 aliphatic rings. The Morgan fingerprint density at radius 1 is 0.914 bits per heavy atom. The lowest BCUT2D eigenvalue weighted by Gasteiger charge is -2.28. The van der Waals surface area contributed by atoms with Gasteiger partial charge in [-0.15, -0.1) is 15.3 Å². The molecule has 1 saturated heterocycles. The Bertz CT molecular complexity index is 1540. The van der Waals surface area contributed by atoms with Crippen LogP contribution in [0.5, 0.6) is 0 Å². The third kappa shape index (κ3) is 3.91. The van der Waals surface area contributed by atoms with Gasteiger partial charge in [0, 0.05) is 40.8 Å². The van der Waals surface area contributed by atoms with Gasteiger partial charge in [-0.25, -0.2) is 4.79 Å². The van der Waals surface area contributed by atoms with Crippen LogP contribution in [0.4, 0.5) is 17.2 Å². The highest BCUT2D eigenvalue weighted by molar-refractivity contribution is 6.01. The van der Waals surface area contributed by atoms with Gasteiger partial charge in [0.25, 0.3) is 0 Å². The Labute approximate surface area is 200 Å². The van der Waals surface area contributed by atoms with Crippen molar-refractivity contribution >= 4 is 39.6 Å². The summed E-state index contributed by atoms with van der Waals surface area (Å²) in [6.45, 7) is 3.25. The normalized spacial score (nSPS) is 13.9. The monoisotopic (exact) mass is 466 g/mol. The summed E-state index contributed by atoms with van der Waals surface area (Å²) in [7, 11) is 0. The van der Waals surface area contributed by atoms with Gasteiger partial charge < -0.3 is 20.1 Å². The predicted octanol–water partition coefficient (Wildman–Crippen LogP) is 4.22. The lowest BCUT2D eigenvalue weighted by atomic mass is 10.1. The summed E-state index contributed by atoms with van der Waals surface area (Å²) < 4.78 is 7.11. The van der Waals surface area contributed by atoms with Crippen LogP contribution in [0.25, 0.3) is 27.8 Å². The third-order valence-corrected chi connectivity index (χ3v) is 6.14. The largest absolute Gasteiger partial charge is 0.478 e. The molecule has 9 nitrogen and oxygen atoms in total. The van der Waals surface area contributed by atoms with Gasteiger partial charge in [0.2, 0.25) is 0 Å². The van der Waals surface area contributed by atoms with Crippen molar-refractivity contribution < 1.29 is 14.6 Å². The molecule has 174 valence electrons. The smallest absolute Gasteiger partial charge is 0.335 e. The van der Waals surface area contributed by atoms with Crippen LogP contribution >= 0.6 is 0 Å². The maximum atomic E-state index is 11.5. The van der Waals surface area contributed by atoms with E-state index in [1.165, 1.54) is 0 Å². The molecule has 0 saturated carbocycles. The minimum absolute atomic E-state index is 0.179. The number of morpholine rings is 1. The van der Waals surface area contributed by atoms with E-state index in [-0.39, 0.29) is 5.56 Å². The van der Waals surface area contributed by atoms with Crippen LogP contribution < -0.4 is 10.2 Å². The van der Waals surface area contributed by atoms with Gasteiger partial charge in [0.15, 0.2) is 17.3 Å². The summed E-state index contributed by atoms with van der Waals surface area (Å²) in [5, 5.41) is 28.2. The molecular formula is C26H22N6O3. The Balaban J connectivity index is 1.41. The third-order valence-electron chi connectivity index (χ3n) is 6.14. The second-order valence-electron chi connectivity index (χ2n) is 8.31. The topological polar surface area (TPSA) is 105 Å². The van der Waals surface area contributed by atoms with E-state index < -0.39 is 5.97 Å². The average molecular weight is 467 g/mol. The van der Waals surface area contributed by atoms with Crippen LogP contribution in [0.15, 0.2) is 72.8 Å². The molecule has 2 N–H and O–H groups in total. The number of aromatic nitrogens is 4. The summed E-state index contributed by atoms with van der Waals surface area (Å²) in [5.41, 5.74) is 3.47. The van der Waals surface area contributed by atoms with Crippen molar-refractivity contribution in [1.29, 1.82) is 0 Å². The van der Waals surface area contributed by atoms with Crippen LogP contribution in [0, 0.1) is 0 Å². The van der Waals surface area contributed by atoms with E-state index in [1.807, 2.05) is 36.4 Å². The van der Waals surface area contributed by atoms with Crippen molar-refractivity contribution in [3.8, 4) is 11.4 Å². The summed E-state index contributed by atoms with van der Waals surface area (Å²) >= 11 is 0. The predicted molar refractivity (Wildman–Crippen MR) is 133 cm³/mol. The Morgan fingerprint density at radius 2 is 1.69 bits per heavy atom. The minimum atomic E-state index is -0.998. The fourth-order valence-electron chi connectivity index (χ4n) is 4.36. The first-order valence-corrected chi connectivity index (χ1v) is 11.3. The van der Waals surface area contributed by atoms with Crippen molar-refractivity contribution in [2.24, 2.45) is 0 Å². The zero-order chi connectivity index (χ0) is 23.8. The first-order valence-electron chi connectivity index (χ1n) is 11.3. The van der Waals surface area contributed by atoms with Gasteiger partial charge in [0.05, 0.1) is 18.8 Å². The van der Waals surface area contributed by atoms with Crippen molar-refractivity contribution in [1.82, 2.24) is 19.8 Å². The van der Waals surface area contributed by atoms with E-state index >= 15 is 0 Å². The second-order valence-corrected chi connectivity index (χ2v) is 8.31. The highest BCUT2D eigenvalue weighted by Gasteiger charge is 2.17. The zero-order valence-electron chi connectivity index (χ0n) is 18.8. The van der Waals surface area contributed by atoms with Crippen LogP contribution in [-0.4, -0.2) is 57.2 Å². The molecule has 0 bridgehead atoms. The fourth-order valence-corrected chi connectivity index (χ4v) is 4.36. The molecule has 0 unspecified atom stereocenters. The van der Waals surface area contributed by atoms with E-state index in [1.54, 1.807) is 28.8 Å². The van der Waals surface area contributed by atoms with Crippen molar-refractivity contribution in [2.75, 3.05) is 36.5 Å². The molecule has 0 radical (unpaired) electrons. The van der Waals surface area contributed by atoms with Crippen LogP contribution in [0.1, 0.15) is 10.4 Å². The number of fused-ring (bicyclic) bond motifs is 3. The standard InChI is InChI=1S/C26H22N6O3/c33-26(34)18-5-3-4-17(16-18)24-28-29-25-22-7-2-1-6-21(22)23(30-32(24)25)27-19-8-10-20(11-9-19)31-12-14-35-15-13-31/h1-11,16H,12-15H2,(H,27,30)(H,33,34). The van der Waals surface area contributed by atoms with Gasteiger partial charge in [-0.3, -0.25) is 0 Å². The summed E-state index contributed by atoms with van der Waals surface area (Å²) in [5.74, 6) is 0.129. The number of ether oxygens (including phenoxy) is 1. The van der Waals surface area contributed by atoms with Gasteiger partial charge in [-0.2, -0.15) is 4.52 Å². The van der Waals surface area contributed by atoms with Crippen LogP contribution in [-0.2, 0) is 4.74 Å². The first-order chi connectivity index (χ1) is 17.2. The number of rotatable bonds is 5. The molecule has 3 heterocycles. The number of hydrogen-bond donors (Lipinski definition) is 2. The van der Waals surface area contributed by atoms with Gasteiger partial charge in [-0.05, 0) is 36.4 Å². The van der Waals surface area contributed by atoms with Crippen LogP contribution in [0.3, 0.4) is 0 Å². The molecule has 0 aliphatic carbocycles. The molecule has 35 heavy (non-hydrogen) atoms. The number of hydrogen-bond acceptors (Lipinski definition) is 7. The lowest BCUT2D eigenvalue weighted by Crippen LogP contribution is -2.36. The Kier molecular flexibility index (Phi) is 5.23.